The van der Waals surface area contributed by atoms with Crippen LogP contribution < -0.4 is 49.9 Å². The molecular formula is C37H57N13O8. The van der Waals surface area contributed by atoms with E-state index in [0.29, 0.717) is 54.2 Å². The number of carbonyl (C=O) groups excluding carboxylic acids is 3. The van der Waals surface area contributed by atoms with Crippen molar-refractivity contribution in [3.8, 4) is 0 Å². The highest BCUT2D eigenvalue weighted by Gasteiger charge is 2.48. The van der Waals surface area contributed by atoms with Crippen molar-refractivity contribution in [1.82, 2.24) is 54.2 Å². The predicted molar refractivity (Wildman–Crippen MR) is 220 cm³/mol. The Morgan fingerprint density at radius 1 is 0.741 bits per heavy atom. The summed E-state index contributed by atoms with van der Waals surface area (Å²) >= 11 is 0. The van der Waals surface area contributed by atoms with Crippen LogP contribution in [0.1, 0.15) is 58.6 Å². The lowest BCUT2D eigenvalue weighted by Crippen LogP contribution is -2.62. The van der Waals surface area contributed by atoms with Gasteiger partial charge < -0.3 is 31.9 Å². The van der Waals surface area contributed by atoms with E-state index in [1.807, 2.05) is 58.2 Å². The summed E-state index contributed by atoms with van der Waals surface area (Å²) in [6, 6.07) is 9.04. The highest BCUT2D eigenvalue weighted by molar-refractivity contribution is 6.19. The number of aromatic nitrogens is 8. The van der Waals surface area contributed by atoms with Gasteiger partial charge in [0.25, 0.3) is 11.1 Å². The molecular weight excluding hydrogens is 754 g/mol. The molecule has 0 radical (unpaired) electrons. The highest BCUT2D eigenvalue weighted by atomic mass is 16.3. The van der Waals surface area contributed by atoms with E-state index in [2.05, 4.69) is 35.9 Å². The van der Waals surface area contributed by atoms with E-state index in [4.69, 9.17) is 11.5 Å². The number of fused-ring (bicyclic) bond motifs is 2. The number of benzene rings is 1. The molecule has 6 rings (SSSR count). The SMILES string of the molecule is CCC1(CCC(C)C)C(=O)NC(=O)NC1=O.CNC(C)C(O)c1ccccc1.Cn1c(=O)c2[nH]cnc2n(C)c1=O.Cn1c(=O)c2[nH]cnc2n(C)c1=O.NCCN. The van der Waals surface area contributed by atoms with Gasteiger partial charge >= 0.3 is 17.4 Å². The molecule has 4 aromatic heterocycles. The molecule has 1 fully saturated rings. The molecule has 4 amide bonds. The maximum absolute atomic E-state index is 11.8. The van der Waals surface area contributed by atoms with Gasteiger partial charge in [0, 0.05) is 47.3 Å². The Labute approximate surface area is 333 Å². The summed E-state index contributed by atoms with van der Waals surface area (Å²) in [5.41, 5.74) is 9.72. The number of nitrogens with zero attached hydrogens (tertiary/aromatic N) is 6. The van der Waals surface area contributed by atoms with Crippen molar-refractivity contribution in [1.29, 1.82) is 0 Å². The van der Waals surface area contributed by atoms with Crippen LogP contribution in [0.25, 0.3) is 22.3 Å². The fourth-order valence-corrected chi connectivity index (χ4v) is 5.47. The predicted octanol–water partition coefficient (Wildman–Crippen LogP) is -0.663. The van der Waals surface area contributed by atoms with Crippen LogP contribution in [0.15, 0.2) is 62.2 Å². The number of likely N-dealkylation sites (N-methyl/N-ethyl adjacent to an activating group) is 1. The van der Waals surface area contributed by atoms with E-state index in [1.54, 1.807) is 21.0 Å². The van der Waals surface area contributed by atoms with Crippen molar-refractivity contribution in [3.05, 3.63) is 90.2 Å². The van der Waals surface area contributed by atoms with Gasteiger partial charge in [-0.2, -0.15) is 0 Å². The largest absolute Gasteiger partial charge is 0.387 e. The number of nitrogens with two attached hydrogens (primary N) is 2. The van der Waals surface area contributed by atoms with E-state index in [0.717, 1.165) is 21.1 Å². The third-order valence-corrected chi connectivity index (χ3v) is 9.37. The lowest BCUT2D eigenvalue weighted by atomic mass is 9.76. The van der Waals surface area contributed by atoms with E-state index in [-0.39, 0.29) is 28.5 Å². The number of barbiturate groups is 1. The van der Waals surface area contributed by atoms with Gasteiger partial charge in [-0.1, -0.05) is 51.1 Å². The molecule has 5 aromatic rings. The molecule has 0 aliphatic carbocycles. The van der Waals surface area contributed by atoms with Crippen LogP contribution in [0.2, 0.25) is 0 Å². The fourth-order valence-electron chi connectivity index (χ4n) is 5.47. The molecule has 2 atom stereocenters. The van der Waals surface area contributed by atoms with Crippen molar-refractivity contribution in [2.24, 2.45) is 51.0 Å². The van der Waals surface area contributed by atoms with Crippen molar-refractivity contribution in [2.45, 2.75) is 59.1 Å². The quantitative estimate of drug-likeness (QED) is 0.0904. The van der Waals surface area contributed by atoms with Crippen molar-refractivity contribution in [2.75, 3.05) is 20.1 Å². The number of H-pyrrole nitrogens is 2. The zero-order valence-electron chi connectivity index (χ0n) is 34.5. The second kappa shape index (κ2) is 22.1. The zero-order valence-corrected chi connectivity index (χ0v) is 34.5. The summed E-state index contributed by atoms with van der Waals surface area (Å²) in [4.78, 5) is 93.3. The Balaban J connectivity index is 0.000000260. The van der Waals surface area contributed by atoms with Gasteiger partial charge in [-0.3, -0.25) is 48.1 Å². The number of imide groups is 2. The summed E-state index contributed by atoms with van der Waals surface area (Å²) in [5.74, 6) is -0.518. The molecule has 10 N–H and O–H groups in total. The van der Waals surface area contributed by atoms with Crippen LogP contribution >= 0.6 is 0 Å². The van der Waals surface area contributed by atoms with E-state index < -0.39 is 29.4 Å². The Bertz CT molecular complexity index is 2240. The standard InChI is InChI=1S/C11H18N2O3.C10H15NO.2C7H8N4O2.C2H8N2/c1-4-11(6-5-7(2)3)8(14)12-10(16)13-9(11)15;1-8(11-2)10(12)9-6-4-3-5-7-9;2*1-10-5-4(8-3-9-5)6(12)11(2)7(10)13;3-1-2-4/h7H,4-6H2,1-3H3,(H2,12,13,14,15,16);3-8,10-12H,1-2H3;2*3H,1-2H3,(H,8,9);1-4H2. The van der Waals surface area contributed by atoms with Crippen molar-refractivity contribution < 1.29 is 19.5 Å². The van der Waals surface area contributed by atoms with Crippen LogP contribution in [0.3, 0.4) is 0 Å². The molecule has 1 aliphatic rings. The molecule has 0 spiro atoms. The molecule has 318 valence electrons. The topological polar surface area (TPSA) is 305 Å². The van der Waals surface area contributed by atoms with Crippen LogP contribution in [0, 0.1) is 11.3 Å². The maximum Gasteiger partial charge on any atom is 0.332 e. The monoisotopic (exact) mass is 811 g/mol. The maximum atomic E-state index is 11.8. The minimum absolute atomic E-state index is 0.0902. The van der Waals surface area contributed by atoms with Gasteiger partial charge in [0.2, 0.25) is 11.8 Å². The van der Waals surface area contributed by atoms with Gasteiger partial charge in [0.05, 0.1) is 18.8 Å². The number of nitrogens with one attached hydrogen (secondary N) is 5. The first kappa shape index (κ1) is 48.1. The molecule has 1 aromatic carbocycles. The second-order valence-corrected chi connectivity index (χ2v) is 13.7. The number of urea groups is 1. The Hall–Kier alpha value is -6.03. The zero-order chi connectivity index (χ0) is 43.9. The molecule has 2 unspecified atom stereocenters. The fraction of sp³-hybridized carbons (Fsp3) is 0.486. The lowest BCUT2D eigenvalue weighted by Gasteiger charge is -2.33. The molecule has 1 aliphatic heterocycles. The summed E-state index contributed by atoms with van der Waals surface area (Å²) in [6.07, 6.45) is 4.03. The number of aliphatic hydroxyl groups is 1. The molecule has 1 saturated heterocycles. The summed E-state index contributed by atoms with van der Waals surface area (Å²) in [6.45, 7) is 9.01. The van der Waals surface area contributed by atoms with Gasteiger partial charge in [-0.15, -0.1) is 0 Å². The molecule has 21 nitrogen and oxygen atoms in total. The third kappa shape index (κ3) is 11.5. The first-order chi connectivity index (χ1) is 27.3. The normalized spacial score (nSPS) is 14.1. The number of amides is 4. The van der Waals surface area contributed by atoms with Crippen molar-refractivity contribution >= 4 is 40.2 Å². The first-order valence-corrected chi connectivity index (χ1v) is 18.5. The van der Waals surface area contributed by atoms with Crippen molar-refractivity contribution in [3.63, 3.8) is 0 Å². The molecule has 0 bridgehead atoms. The highest BCUT2D eigenvalue weighted by Crippen LogP contribution is 2.32. The summed E-state index contributed by atoms with van der Waals surface area (Å²) < 4.78 is 4.74. The number of aliphatic hydroxyl groups excluding tert-OH is 1. The van der Waals surface area contributed by atoms with Gasteiger partial charge in [0.1, 0.15) is 16.4 Å². The smallest absolute Gasteiger partial charge is 0.332 e. The Morgan fingerprint density at radius 2 is 1.17 bits per heavy atom. The minimum Gasteiger partial charge on any atom is -0.387 e. The number of aryl methyl sites for hydroxylation is 2. The van der Waals surface area contributed by atoms with Crippen LogP contribution in [0.4, 0.5) is 4.79 Å². The molecule has 5 heterocycles. The summed E-state index contributed by atoms with van der Waals surface area (Å²) in [7, 11) is 7.86. The number of aromatic amines is 2. The number of carbonyl (C=O) groups is 3. The minimum atomic E-state index is -1.07. The van der Waals surface area contributed by atoms with E-state index >= 15 is 0 Å². The van der Waals surface area contributed by atoms with Gasteiger partial charge in [0.15, 0.2) is 11.3 Å². The lowest BCUT2D eigenvalue weighted by molar-refractivity contribution is -0.145. The van der Waals surface area contributed by atoms with Crippen LogP contribution in [-0.4, -0.2) is 87.3 Å². The number of hydrogen-bond acceptors (Lipinski definition) is 13. The second-order valence-electron chi connectivity index (χ2n) is 13.7. The Kier molecular flexibility index (Phi) is 18.3. The number of imidazole rings is 2. The molecule has 58 heavy (non-hydrogen) atoms. The van der Waals surface area contributed by atoms with Gasteiger partial charge in [-0.25, -0.2) is 24.4 Å². The van der Waals surface area contributed by atoms with E-state index in [1.165, 1.54) is 35.9 Å². The average Bonchev–Trinajstić information content (AvgIpc) is 3.93. The molecule has 21 heteroatoms. The van der Waals surface area contributed by atoms with Crippen LogP contribution in [0.5, 0.6) is 0 Å². The third-order valence-electron chi connectivity index (χ3n) is 9.37. The summed E-state index contributed by atoms with van der Waals surface area (Å²) in [5, 5.41) is 17.1. The number of hydrogen-bond donors (Lipinski definition) is 8. The molecule has 0 saturated carbocycles. The average molecular weight is 812 g/mol. The Morgan fingerprint density at radius 3 is 1.53 bits per heavy atom. The van der Waals surface area contributed by atoms with E-state index in [9.17, 15) is 38.7 Å². The first-order valence-electron chi connectivity index (χ1n) is 18.5. The number of rotatable bonds is 8. The van der Waals surface area contributed by atoms with Gasteiger partial charge in [-0.05, 0) is 44.7 Å². The van der Waals surface area contributed by atoms with Crippen LogP contribution in [-0.2, 0) is 37.8 Å².